The number of methoxy groups -OCH3 is 1. The van der Waals surface area contributed by atoms with Crippen LogP contribution < -0.4 is 4.74 Å². The zero-order valence-corrected chi connectivity index (χ0v) is 16.9. The van der Waals surface area contributed by atoms with Crippen LogP contribution in [0, 0.1) is 0 Å². The third-order valence-corrected chi connectivity index (χ3v) is 5.72. The number of aromatic nitrogens is 1. The predicted octanol–water partition coefficient (Wildman–Crippen LogP) is 3.80. The fraction of sp³-hybridized carbons (Fsp3) is 0.318. The number of hydrogen-bond donors (Lipinski definition) is 0. The largest absolute Gasteiger partial charge is 0.496 e. The molecule has 1 saturated heterocycles. The summed E-state index contributed by atoms with van der Waals surface area (Å²) < 4.78 is 7.40. The Hall–Kier alpha value is -2.50. The summed E-state index contributed by atoms with van der Waals surface area (Å²) in [6.07, 6.45) is 0. The van der Waals surface area contributed by atoms with Gasteiger partial charge in [0.15, 0.2) is 0 Å². The van der Waals surface area contributed by atoms with Gasteiger partial charge in [0.1, 0.15) is 11.4 Å². The molecule has 0 aliphatic carbocycles. The van der Waals surface area contributed by atoms with Gasteiger partial charge >= 0.3 is 0 Å². The van der Waals surface area contributed by atoms with Gasteiger partial charge in [0.05, 0.1) is 12.6 Å². The first-order valence-corrected chi connectivity index (χ1v) is 9.83. The molecule has 4 rings (SSSR count). The zero-order chi connectivity index (χ0) is 19.7. The molecule has 1 aromatic heterocycles. The normalized spacial score (nSPS) is 15.2. The van der Waals surface area contributed by atoms with E-state index in [0.29, 0.717) is 5.69 Å². The summed E-state index contributed by atoms with van der Waals surface area (Å²) in [7, 11) is 3.59. The average Bonchev–Trinajstić information content (AvgIpc) is 3.06. The first-order chi connectivity index (χ1) is 13.6. The minimum Gasteiger partial charge on any atom is -0.496 e. The Bertz CT molecular complexity index is 989. The maximum absolute atomic E-state index is 13.1. The van der Waals surface area contributed by atoms with Gasteiger partial charge in [0.25, 0.3) is 5.91 Å². The number of aryl methyl sites for hydroxylation is 1. The second kappa shape index (κ2) is 7.86. The molecule has 1 aliphatic rings. The van der Waals surface area contributed by atoms with Gasteiger partial charge < -0.3 is 14.2 Å². The van der Waals surface area contributed by atoms with Crippen LogP contribution in [0.2, 0.25) is 5.02 Å². The Morgan fingerprint density at radius 2 is 1.79 bits per heavy atom. The van der Waals surface area contributed by atoms with Gasteiger partial charge in [-0.25, -0.2) is 0 Å². The van der Waals surface area contributed by atoms with Crippen molar-refractivity contribution in [2.75, 3.05) is 33.3 Å². The first kappa shape index (κ1) is 18.8. The number of carbonyl (C=O) groups excluding carboxylic acids is 1. The van der Waals surface area contributed by atoms with E-state index in [1.807, 2.05) is 52.9 Å². The van der Waals surface area contributed by atoms with Crippen molar-refractivity contribution >= 4 is 28.4 Å². The molecule has 5 nitrogen and oxygen atoms in total. The molecule has 0 saturated carbocycles. The van der Waals surface area contributed by atoms with Crippen LogP contribution in [0.15, 0.2) is 48.5 Å². The molecule has 0 N–H and O–H groups in total. The predicted molar refractivity (Wildman–Crippen MR) is 112 cm³/mol. The van der Waals surface area contributed by atoms with Crippen molar-refractivity contribution in [3.8, 4) is 5.75 Å². The van der Waals surface area contributed by atoms with E-state index in [-0.39, 0.29) is 5.91 Å². The lowest BCUT2D eigenvalue weighted by Gasteiger charge is -2.34. The minimum atomic E-state index is 0.0758. The molecule has 28 heavy (non-hydrogen) atoms. The number of nitrogens with zero attached hydrogens (tertiary/aromatic N) is 3. The van der Waals surface area contributed by atoms with Gasteiger partial charge in [-0.15, -0.1) is 0 Å². The van der Waals surface area contributed by atoms with Crippen LogP contribution >= 0.6 is 11.6 Å². The third kappa shape index (κ3) is 3.60. The van der Waals surface area contributed by atoms with Crippen molar-refractivity contribution in [3.05, 3.63) is 64.8 Å². The van der Waals surface area contributed by atoms with E-state index < -0.39 is 0 Å². The molecule has 0 bridgehead atoms. The first-order valence-electron chi connectivity index (χ1n) is 9.45. The van der Waals surface area contributed by atoms with Gasteiger partial charge in [-0.05, 0) is 35.9 Å². The quantitative estimate of drug-likeness (QED) is 0.672. The Kier molecular flexibility index (Phi) is 5.29. The molecule has 146 valence electrons. The summed E-state index contributed by atoms with van der Waals surface area (Å²) in [4.78, 5) is 17.4. The minimum absolute atomic E-state index is 0.0758. The van der Waals surface area contributed by atoms with Crippen molar-refractivity contribution in [3.63, 3.8) is 0 Å². The number of rotatable bonds is 4. The van der Waals surface area contributed by atoms with Gasteiger partial charge in [0.2, 0.25) is 0 Å². The van der Waals surface area contributed by atoms with Gasteiger partial charge in [-0.3, -0.25) is 9.69 Å². The Morgan fingerprint density at radius 1 is 1.07 bits per heavy atom. The Labute approximate surface area is 170 Å². The highest BCUT2D eigenvalue weighted by Gasteiger charge is 2.25. The van der Waals surface area contributed by atoms with E-state index >= 15 is 0 Å². The van der Waals surface area contributed by atoms with E-state index in [0.717, 1.165) is 54.4 Å². The summed E-state index contributed by atoms with van der Waals surface area (Å²) in [6, 6.07) is 15.8. The Morgan fingerprint density at radius 3 is 2.46 bits per heavy atom. The molecule has 2 aromatic carbocycles. The number of carbonyl (C=O) groups is 1. The SMILES string of the molecule is COc1cccc2c1cc(C(=O)N1CCN(Cc3ccc(Cl)cc3)CC1)n2C. The zero-order valence-electron chi connectivity index (χ0n) is 16.2. The molecule has 6 heteroatoms. The molecule has 0 spiro atoms. The highest BCUT2D eigenvalue weighted by Crippen LogP contribution is 2.28. The molecule has 1 amide bonds. The number of amides is 1. The van der Waals surface area contributed by atoms with Crippen molar-refractivity contribution in [1.82, 2.24) is 14.4 Å². The Balaban J connectivity index is 1.45. The highest BCUT2D eigenvalue weighted by atomic mass is 35.5. The molecule has 1 aliphatic heterocycles. The molecule has 1 fully saturated rings. The smallest absolute Gasteiger partial charge is 0.270 e. The maximum atomic E-state index is 13.1. The van der Waals surface area contributed by atoms with Crippen LogP contribution in [0.1, 0.15) is 16.1 Å². The van der Waals surface area contributed by atoms with E-state index in [1.165, 1.54) is 5.56 Å². The molecular formula is C22H24ClN3O2. The lowest BCUT2D eigenvalue weighted by atomic mass is 10.2. The van der Waals surface area contributed by atoms with Crippen molar-refractivity contribution in [2.24, 2.45) is 7.05 Å². The third-order valence-electron chi connectivity index (χ3n) is 5.46. The molecular weight excluding hydrogens is 374 g/mol. The lowest BCUT2D eigenvalue weighted by Crippen LogP contribution is -2.48. The fourth-order valence-corrected chi connectivity index (χ4v) is 3.96. The second-order valence-electron chi connectivity index (χ2n) is 7.18. The number of fused-ring (bicyclic) bond motifs is 1. The summed E-state index contributed by atoms with van der Waals surface area (Å²) in [5.41, 5.74) is 2.94. The second-order valence-corrected chi connectivity index (χ2v) is 7.61. The summed E-state index contributed by atoms with van der Waals surface area (Å²) >= 11 is 5.96. The summed E-state index contributed by atoms with van der Waals surface area (Å²) in [5, 5.41) is 1.72. The van der Waals surface area contributed by atoms with Crippen molar-refractivity contribution < 1.29 is 9.53 Å². The number of halogens is 1. The molecule has 0 unspecified atom stereocenters. The summed E-state index contributed by atoms with van der Waals surface area (Å²) in [5.74, 6) is 0.867. The van der Waals surface area contributed by atoms with Gasteiger partial charge in [0, 0.05) is 50.2 Å². The van der Waals surface area contributed by atoms with Crippen LogP contribution in [-0.4, -0.2) is 53.6 Å². The standard InChI is InChI=1S/C22H24ClN3O2/c1-24-19-4-3-5-21(28-2)18(19)14-20(24)22(27)26-12-10-25(11-13-26)15-16-6-8-17(23)9-7-16/h3-9,14H,10-13,15H2,1-2H3. The van der Waals surface area contributed by atoms with E-state index in [2.05, 4.69) is 17.0 Å². The number of piperazine rings is 1. The topological polar surface area (TPSA) is 37.7 Å². The van der Waals surface area contributed by atoms with Crippen LogP contribution in [0.5, 0.6) is 5.75 Å². The van der Waals surface area contributed by atoms with Crippen LogP contribution in [0.3, 0.4) is 0 Å². The monoisotopic (exact) mass is 397 g/mol. The number of ether oxygens (including phenoxy) is 1. The summed E-state index contributed by atoms with van der Waals surface area (Å²) in [6.45, 7) is 4.06. The molecule has 0 atom stereocenters. The van der Waals surface area contributed by atoms with E-state index in [1.54, 1.807) is 7.11 Å². The van der Waals surface area contributed by atoms with Crippen molar-refractivity contribution in [2.45, 2.75) is 6.54 Å². The number of benzene rings is 2. The van der Waals surface area contributed by atoms with Crippen LogP contribution in [0.4, 0.5) is 0 Å². The van der Waals surface area contributed by atoms with E-state index in [9.17, 15) is 4.79 Å². The average molecular weight is 398 g/mol. The van der Waals surface area contributed by atoms with Gasteiger partial charge in [-0.1, -0.05) is 29.8 Å². The number of hydrogen-bond acceptors (Lipinski definition) is 3. The maximum Gasteiger partial charge on any atom is 0.270 e. The van der Waals surface area contributed by atoms with Gasteiger partial charge in [-0.2, -0.15) is 0 Å². The van der Waals surface area contributed by atoms with Crippen LogP contribution in [0.25, 0.3) is 10.9 Å². The molecule has 3 aromatic rings. The molecule has 2 heterocycles. The van der Waals surface area contributed by atoms with Crippen LogP contribution in [-0.2, 0) is 13.6 Å². The fourth-order valence-electron chi connectivity index (χ4n) is 3.84. The lowest BCUT2D eigenvalue weighted by molar-refractivity contribution is 0.0619. The highest BCUT2D eigenvalue weighted by molar-refractivity contribution is 6.30. The molecule has 0 radical (unpaired) electrons. The van der Waals surface area contributed by atoms with Crippen molar-refractivity contribution in [1.29, 1.82) is 0 Å². The van der Waals surface area contributed by atoms with E-state index in [4.69, 9.17) is 16.3 Å².